The summed E-state index contributed by atoms with van der Waals surface area (Å²) >= 11 is 0. The van der Waals surface area contributed by atoms with Crippen molar-refractivity contribution in [1.82, 2.24) is 30.5 Å². The summed E-state index contributed by atoms with van der Waals surface area (Å²) in [5.74, 6) is 1.04. The summed E-state index contributed by atoms with van der Waals surface area (Å²) in [5.41, 5.74) is 0.745. The van der Waals surface area contributed by atoms with E-state index < -0.39 is 11.7 Å². The second-order valence-corrected chi connectivity index (χ2v) is 5.65. The molecule has 1 unspecified atom stereocenters. The number of rotatable bonds is 5. The van der Waals surface area contributed by atoms with Gasteiger partial charge in [0, 0.05) is 5.69 Å². The molecule has 2 heterocycles. The maximum Gasteiger partial charge on any atom is 0.340 e. The SMILES string of the molecule is Cc1nc(CC(C)C)cc(C(=O)NC(C)c2n[nH]c(=O)[nH]2)n1. The molecule has 2 aromatic heterocycles. The molecule has 0 aromatic carbocycles. The molecule has 0 bridgehead atoms. The molecule has 118 valence electrons. The maximum atomic E-state index is 12.3. The Balaban J connectivity index is 2.15. The number of aromatic amines is 2. The molecule has 0 fully saturated rings. The zero-order valence-electron chi connectivity index (χ0n) is 13.1. The molecule has 3 N–H and O–H groups in total. The van der Waals surface area contributed by atoms with Crippen LogP contribution < -0.4 is 11.0 Å². The molecule has 2 rings (SSSR count). The van der Waals surface area contributed by atoms with Gasteiger partial charge in [0.15, 0.2) is 5.82 Å². The first-order valence-corrected chi connectivity index (χ1v) is 7.15. The first-order chi connectivity index (χ1) is 10.3. The van der Waals surface area contributed by atoms with Crippen LogP contribution in [0.15, 0.2) is 10.9 Å². The van der Waals surface area contributed by atoms with E-state index in [0.29, 0.717) is 23.3 Å². The third kappa shape index (κ3) is 4.00. The average Bonchev–Trinajstić information content (AvgIpc) is 2.84. The first kappa shape index (κ1) is 15.9. The van der Waals surface area contributed by atoms with E-state index in [2.05, 4.69) is 44.3 Å². The van der Waals surface area contributed by atoms with Gasteiger partial charge in [0.2, 0.25) is 0 Å². The van der Waals surface area contributed by atoms with Gasteiger partial charge in [0.05, 0.1) is 6.04 Å². The molecule has 0 radical (unpaired) electrons. The van der Waals surface area contributed by atoms with Gasteiger partial charge in [0.1, 0.15) is 11.5 Å². The molecule has 0 aliphatic carbocycles. The van der Waals surface area contributed by atoms with Crippen molar-refractivity contribution in [2.45, 2.75) is 40.2 Å². The zero-order valence-corrected chi connectivity index (χ0v) is 13.1. The second kappa shape index (κ2) is 6.50. The molecule has 1 amide bonds. The minimum absolute atomic E-state index is 0.313. The number of carbonyl (C=O) groups excluding carboxylic acids is 1. The summed E-state index contributed by atoms with van der Waals surface area (Å²) in [5, 5.41) is 8.81. The van der Waals surface area contributed by atoms with Gasteiger partial charge < -0.3 is 5.32 Å². The lowest BCUT2D eigenvalue weighted by molar-refractivity contribution is 0.0932. The maximum absolute atomic E-state index is 12.3. The predicted octanol–water partition coefficient (Wildman–Crippen LogP) is 0.886. The van der Waals surface area contributed by atoms with Crippen LogP contribution in [0, 0.1) is 12.8 Å². The number of carbonyl (C=O) groups is 1. The molecule has 8 nitrogen and oxygen atoms in total. The fraction of sp³-hybridized carbons (Fsp3) is 0.500. The number of aromatic nitrogens is 5. The van der Waals surface area contributed by atoms with Crippen LogP contribution in [0.5, 0.6) is 0 Å². The molecule has 0 spiro atoms. The Bertz CT molecular complexity index is 718. The van der Waals surface area contributed by atoms with E-state index in [0.717, 1.165) is 12.1 Å². The summed E-state index contributed by atoms with van der Waals surface area (Å²) in [7, 11) is 0. The van der Waals surface area contributed by atoms with Crippen LogP contribution in [0.25, 0.3) is 0 Å². The van der Waals surface area contributed by atoms with Crippen molar-refractivity contribution in [1.29, 1.82) is 0 Å². The third-order valence-corrected chi connectivity index (χ3v) is 3.02. The van der Waals surface area contributed by atoms with Crippen molar-refractivity contribution in [3.05, 3.63) is 39.6 Å². The van der Waals surface area contributed by atoms with Gasteiger partial charge in [-0.3, -0.25) is 9.78 Å². The Morgan fingerprint density at radius 2 is 2.05 bits per heavy atom. The van der Waals surface area contributed by atoms with Gasteiger partial charge in [-0.2, -0.15) is 5.10 Å². The van der Waals surface area contributed by atoms with Gasteiger partial charge in [0.25, 0.3) is 5.91 Å². The lowest BCUT2D eigenvalue weighted by Gasteiger charge is -2.12. The Hall–Kier alpha value is -2.51. The first-order valence-electron chi connectivity index (χ1n) is 7.15. The Morgan fingerprint density at radius 3 is 2.64 bits per heavy atom. The summed E-state index contributed by atoms with van der Waals surface area (Å²) < 4.78 is 0. The minimum atomic E-state index is -0.435. The van der Waals surface area contributed by atoms with Crippen LogP contribution in [0.3, 0.4) is 0 Å². The van der Waals surface area contributed by atoms with Crippen LogP contribution in [0.2, 0.25) is 0 Å². The fourth-order valence-corrected chi connectivity index (χ4v) is 2.10. The van der Waals surface area contributed by atoms with E-state index in [-0.39, 0.29) is 5.91 Å². The summed E-state index contributed by atoms with van der Waals surface area (Å²) in [6.45, 7) is 7.67. The fourth-order valence-electron chi connectivity index (χ4n) is 2.10. The van der Waals surface area contributed by atoms with Gasteiger partial charge in [-0.1, -0.05) is 13.8 Å². The Morgan fingerprint density at radius 1 is 1.32 bits per heavy atom. The largest absolute Gasteiger partial charge is 0.341 e. The third-order valence-electron chi connectivity index (χ3n) is 3.02. The standard InChI is InChI=1S/C14H20N6O2/c1-7(2)5-10-6-11(17-9(4)16-10)13(21)15-8(3)12-18-14(22)20-19-12/h6-8H,5H2,1-4H3,(H,15,21)(H2,18,19,20,22). The highest BCUT2D eigenvalue weighted by Gasteiger charge is 2.16. The van der Waals surface area contributed by atoms with E-state index in [1.54, 1.807) is 19.9 Å². The van der Waals surface area contributed by atoms with Gasteiger partial charge >= 0.3 is 5.69 Å². The molecule has 2 aromatic rings. The topological polar surface area (TPSA) is 116 Å². The van der Waals surface area contributed by atoms with Gasteiger partial charge in [-0.15, -0.1) is 0 Å². The summed E-state index contributed by atoms with van der Waals surface area (Å²) in [6.07, 6.45) is 0.784. The van der Waals surface area contributed by atoms with Crippen LogP contribution >= 0.6 is 0 Å². The van der Waals surface area contributed by atoms with Gasteiger partial charge in [-0.05, 0) is 32.3 Å². The normalized spacial score (nSPS) is 12.4. The van der Waals surface area contributed by atoms with Gasteiger partial charge in [-0.25, -0.2) is 19.9 Å². The smallest absolute Gasteiger partial charge is 0.340 e. The van der Waals surface area contributed by atoms with Crippen LogP contribution in [0.4, 0.5) is 0 Å². The number of H-pyrrole nitrogens is 2. The van der Waals surface area contributed by atoms with Crippen LogP contribution in [0.1, 0.15) is 54.6 Å². The molecular formula is C14H20N6O2. The van der Waals surface area contributed by atoms with E-state index in [9.17, 15) is 9.59 Å². The van der Waals surface area contributed by atoms with Crippen molar-refractivity contribution >= 4 is 5.91 Å². The van der Waals surface area contributed by atoms with E-state index in [1.165, 1.54) is 0 Å². The quantitative estimate of drug-likeness (QED) is 0.758. The molecule has 1 atom stereocenters. The lowest BCUT2D eigenvalue weighted by Crippen LogP contribution is -2.29. The van der Waals surface area contributed by atoms with Crippen molar-refractivity contribution in [3.63, 3.8) is 0 Å². The van der Waals surface area contributed by atoms with Crippen molar-refractivity contribution < 1.29 is 4.79 Å². The summed E-state index contributed by atoms with van der Waals surface area (Å²) in [4.78, 5) is 34.4. The number of nitrogens with zero attached hydrogens (tertiary/aromatic N) is 3. The van der Waals surface area contributed by atoms with E-state index in [4.69, 9.17) is 0 Å². The highest BCUT2D eigenvalue weighted by molar-refractivity contribution is 5.92. The zero-order chi connectivity index (χ0) is 16.3. The minimum Gasteiger partial charge on any atom is -0.341 e. The number of hydrogen-bond acceptors (Lipinski definition) is 5. The molecule has 8 heteroatoms. The average molecular weight is 304 g/mol. The molecular weight excluding hydrogens is 284 g/mol. The van der Waals surface area contributed by atoms with Crippen molar-refractivity contribution in [2.24, 2.45) is 5.92 Å². The number of nitrogens with one attached hydrogen (secondary N) is 3. The van der Waals surface area contributed by atoms with Crippen molar-refractivity contribution in [2.75, 3.05) is 0 Å². The molecule has 0 aliphatic rings. The van der Waals surface area contributed by atoms with Crippen LogP contribution in [-0.2, 0) is 6.42 Å². The van der Waals surface area contributed by atoms with Crippen LogP contribution in [-0.4, -0.2) is 31.1 Å². The summed E-state index contributed by atoms with van der Waals surface area (Å²) in [6, 6.07) is 1.26. The Labute approximate surface area is 127 Å². The number of hydrogen-bond donors (Lipinski definition) is 3. The number of aryl methyl sites for hydroxylation is 1. The molecule has 22 heavy (non-hydrogen) atoms. The highest BCUT2D eigenvalue weighted by Crippen LogP contribution is 2.10. The number of amides is 1. The monoisotopic (exact) mass is 304 g/mol. The predicted molar refractivity (Wildman–Crippen MR) is 80.4 cm³/mol. The lowest BCUT2D eigenvalue weighted by atomic mass is 10.1. The highest BCUT2D eigenvalue weighted by atomic mass is 16.2. The van der Waals surface area contributed by atoms with E-state index >= 15 is 0 Å². The molecule has 0 saturated heterocycles. The van der Waals surface area contributed by atoms with Crippen molar-refractivity contribution in [3.8, 4) is 0 Å². The Kier molecular flexibility index (Phi) is 4.69. The van der Waals surface area contributed by atoms with E-state index in [1.807, 2.05) is 0 Å². The molecule has 0 aliphatic heterocycles. The molecule has 0 saturated carbocycles. The second-order valence-electron chi connectivity index (χ2n) is 5.65.